The second-order valence-corrected chi connectivity index (χ2v) is 9.71. The lowest BCUT2D eigenvalue weighted by atomic mass is 10.0. The van der Waals surface area contributed by atoms with Crippen molar-refractivity contribution in [3.63, 3.8) is 0 Å². The van der Waals surface area contributed by atoms with Crippen LogP contribution in [0, 0.1) is 0 Å². The van der Waals surface area contributed by atoms with Crippen molar-refractivity contribution in [1.29, 1.82) is 0 Å². The molecule has 0 bridgehead atoms. The van der Waals surface area contributed by atoms with Crippen LogP contribution < -0.4 is 5.32 Å². The Morgan fingerprint density at radius 3 is 2.66 bits per heavy atom. The Balaban J connectivity index is 1.25. The van der Waals surface area contributed by atoms with Crippen molar-refractivity contribution >= 4 is 44.9 Å². The highest BCUT2D eigenvalue weighted by atomic mass is 32.1. The average Bonchev–Trinajstić information content (AvgIpc) is 3.73. The number of H-pyrrole nitrogens is 2. The van der Waals surface area contributed by atoms with Crippen LogP contribution >= 0.6 is 11.3 Å². The summed E-state index contributed by atoms with van der Waals surface area (Å²) in [4.78, 5) is 25.0. The number of hydrogen-bond donors (Lipinski definition) is 3. The molecule has 0 fully saturated rings. The molecule has 0 atom stereocenters. The number of rotatable bonds is 5. The molecule has 0 aliphatic rings. The zero-order chi connectivity index (χ0) is 25.5. The van der Waals surface area contributed by atoms with Crippen LogP contribution in [0.1, 0.15) is 10.4 Å². The topological polar surface area (TPSA) is 99.3 Å². The summed E-state index contributed by atoms with van der Waals surface area (Å²) in [6.45, 7) is 0. The van der Waals surface area contributed by atoms with Crippen molar-refractivity contribution in [3.05, 3.63) is 108 Å². The molecule has 38 heavy (non-hydrogen) atoms. The first-order valence-corrected chi connectivity index (χ1v) is 13.0. The fraction of sp³-hybridized carbons (Fsp3) is 0. The van der Waals surface area contributed by atoms with E-state index in [0.717, 1.165) is 50.0 Å². The van der Waals surface area contributed by atoms with Crippen LogP contribution in [-0.4, -0.2) is 31.1 Å². The summed E-state index contributed by atoms with van der Waals surface area (Å²) >= 11 is 1.68. The fourth-order valence-electron chi connectivity index (χ4n) is 4.68. The molecule has 5 heterocycles. The number of carbonyl (C=O) groups excluding carboxylic acids is 1. The van der Waals surface area contributed by atoms with E-state index in [1.54, 1.807) is 35.9 Å². The number of thiophene rings is 1. The standard InChI is InChI=1S/C30H20N6OS/c37-30(18-4-2-1-3-5-18)33-22-12-21(15-31-16-22)19-6-7-26-25(13-19)28(36-35-26)27-14-24-23(20-9-11-38-17-20)8-10-32-29(24)34-27/h1-17H,(H,32,34)(H,33,37)(H,35,36). The quantitative estimate of drug-likeness (QED) is 0.228. The van der Waals surface area contributed by atoms with E-state index in [0.29, 0.717) is 11.3 Å². The van der Waals surface area contributed by atoms with Gasteiger partial charge in [0.1, 0.15) is 11.3 Å². The first kappa shape index (κ1) is 22.1. The summed E-state index contributed by atoms with van der Waals surface area (Å²) in [6, 6.07) is 23.4. The monoisotopic (exact) mass is 512 g/mol. The van der Waals surface area contributed by atoms with Crippen molar-refractivity contribution in [3.8, 4) is 33.6 Å². The van der Waals surface area contributed by atoms with Gasteiger partial charge in [0.2, 0.25) is 0 Å². The SMILES string of the molecule is O=C(Nc1cncc(-c2ccc3[nH]nc(-c4cc5c(-c6ccsc6)ccnc5[nH]4)c3c2)c1)c1ccccc1. The lowest BCUT2D eigenvalue weighted by molar-refractivity contribution is 0.102. The van der Waals surface area contributed by atoms with Crippen molar-refractivity contribution in [2.45, 2.75) is 0 Å². The minimum absolute atomic E-state index is 0.175. The first-order chi connectivity index (χ1) is 18.7. The molecule has 7 aromatic rings. The molecule has 0 unspecified atom stereocenters. The van der Waals surface area contributed by atoms with Gasteiger partial charge in [-0.3, -0.25) is 14.9 Å². The number of pyridine rings is 2. The van der Waals surface area contributed by atoms with Gasteiger partial charge in [0.15, 0.2) is 0 Å². The number of amides is 1. The Bertz CT molecular complexity index is 1920. The van der Waals surface area contributed by atoms with E-state index >= 15 is 0 Å². The van der Waals surface area contributed by atoms with Crippen LogP contribution in [0.3, 0.4) is 0 Å². The molecule has 0 saturated heterocycles. The minimum atomic E-state index is -0.175. The zero-order valence-electron chi connectivity index (χ0n) is 20.0. The van der Waals surface area contributed by atoms with Gasteiger partial charge in [-0.1, -0.05) is 24.3 Å². The van der Waals surface area contributed by atoms with Crippen LogP contribution in [0.25, 0.3) is 55.6 Å². The number of aromatic nitrogens is 5. The molecule has 0 radical (unpaired) electrons. The van der Waals surface area contributed by atoms with Gasteiger partial charge in [0.05, 0.1) is 23.1 Å². The van der Waals surface area contributed by atoms with Crippen LogP contribution in [0.15, 0.2) is 102 Å². The molecular formula is C30H20N6OS. The molecule has 182 valence electrons. The van der Waals surface area contributed by atoms with Crippen molar-refractivity contribution in [2.75, 3.05) is 5.32 Å². The number of nitrogens with one attached hydrogen (secondary N) is 3. The van der Waals surface area contributed by atoms with Crippen molar-refractivity contribution in [2.24, 2.45) is 0 Å². The third kappa shape index (κ3) is 3.93. The Morgan fingerprint density at radius 2 is 1.79 bits per heavy atom. The smallest absolute Gasteiger partial charge is 0.255 e. The van der Waals surface area contributed by atoms with Gasteiger partial charge in [0.25, 0.3) is 5.91 Å². The highest BCUT2D eigenvalue weighted by Crippen LogP contribution is 2.35. The van der Waals surface area contributed by atoms with E-state index in [1.165, 1.54) is 5.56 Å². The number of aromatic amines is 2. The first-order valence-electron chi connectivity index (χ1n) is 12.0. The molecule has 7 rings (SSSR count). The predicted octanol–water partition coefficient (Wildman–Crippen LogP) is 7.15. The molecule has 0 spiro atoms. The Morgan fingerprint density at radius 1 is 0.868 bits per heavy atom. The number of anilines is 1. The van der Waals surface area contributed by atoms with Crippen LogP contribution in [0.4, 0.5) is 5.69 Å². The van der Waals surface area contributed by atoms with Gasteiger partial charge in [-0.15, -0.1) is 0 Å². The Kier molecular flexibility index (Phi) is 5.30. The average molecular weight is 513 g/mol. The zero-order valence-corrected chi connectivity index (χ0v) is 20.8. The van der Waals surface area contributed by atoms with E-state index in [1.807, 2.05) is 48.7 Å². The van der Waals surface area contributed by atoms with E-state index in [2.05, 4.69) is 59.4 Å². The molecule has 3 N–H and O–H groups in total. The third-order valence-corrected chi connectivity index (χ3v) is 7.23. The summed E-state index contributed by atoms with van der Waals surface area (Å²) in [5.41, 5.74) is 8.85. The highest BCUT2D eigenvalue weighted by molar-refractivity contribution is 7.08. The lowest BCUT2D eigenvalue weighted by Crippen LogP contribution is -2.11. The molecule has 0 saturated carbocycles. The lowest BCUT2D eigenvalue weighted by Gasteiger charge is -2.08. The van der Waals surface area contributed by atoms with Crippen molar-refractivity contribution in [1.82, 2.24) is 25.1 Å². The number of benzene rings is 2. The van der Waals surface area contributed by atoms with E-state index < -0.39 is 0 Å². The summed E-state index contributed by atoms with van der Waals surface area (Å²) < 4.78 is 0. The third-order valence-electron chi connectivity index (χ3n) is 6.55. The highest BCUT2D eigenvalue weighted by Gasteiger charge is 2.15. The molecule has 8 heteroatoms. The fourth-order valence-corrected chi connectivity index (χ4v) is 5.34. The van der Waals surface area contributed by atoms with Gasteiger partial charge < -0.3 is 10.3 Å². The van der Waals surface area contributed by atoms with Crippen LogP contribution in [0.5, 0.6) is 0 Å². The summed E-state index contributed by atoms with van der Waals surface area (Å²) in [7, 11) is 0. The maximum atomic E-state index is 12.6. The van der Waals surface area contributed by atoms with Gasteiger partial charge >= 0.3 is 0 Å². The minimum Gasteiger partial charge on any atom is -0.338 e. The summed E-state index contributed by atoms with van der Waals surface area (Å²) in [6.07, 6.45) is 5.26. The maximum absolute atomic E-state index is 12.6. The largest absolute Gasteiger partial charge is 0.338 e. The molecule has 2 aromatic carbocycles. The molecular weight excluding hydrogens is 492 g/mol. The molecule has 7 nitrogen and oxygen atoms in total. The van der Waals surface area contributed by atoms with E-state index in [4.69, 9.17) is 0 Å². The number of carbonyl (C=O) groups is 1. The van der Waals surface area contributed by atoms with Gasteiger partial charge in [-0.25, -0.2) is 4.98 Å². The number of nitrogens with zero attached hydrogens (tertiary/aromatic N) is 3. The number of hydrogen-bond acceptors (Lipinski definition) is 5. The number of fused-ring (bicyclic) bond motifs is 2. The molecule has 0 aliphatic heterocycles. The Labute approximate surface area is 221 Å². The normalized spacial score (nSPS) is 11.3. The van der Waals surface area contributed by atoms with Crippen molar-refractivity contribution < 1.29 is 4.79 Å². The maximum Gasteiger partial charge on any atom is 0.255 e. The second-order valence-electron chi connectivity index (χ2n) is 8.93. The summed E-state index contributed by atoms with van der Waals surface area (Å²) in [5, 5.41) is 17.0. The summed E-state index contributed by atoms with van der Waals surface area (Å²) in [5.74, 6) is -0.175. The van der Waals surface area contributed by atoms with Crippen LogP contribution in [0.2, 0.25) is 0 Å². The van der Waals surface area contributed by atoms with Crippen LogP contribution in [-0.2, 0) is 0 Å². The molecule has 0 aliphatic carbocycles. The van der Waals surface area contributed by atoms with Gasteiger partial charge in [0, 0.05) is 34.3 Å². The van der Waals surface area contributed by atoms with Gasteiger partial charge in [-0.05, 0) is 76.0 Å². The van der Waals surface area contributed by atoms with E-state index in [9.17, 15) is 4.79 Å². The van der Waals surface area contributed by atoms with Gasteiger partial charge in [-0.2, -0.15) is 16.4 Å². The predicted molar refractivity (Wildman–Crippen MR) is 152 cm³/mol. The van der Waals surface area contributed by atoms with E-state index in [-0.39, 0.29) is 5.91 Å². The Hall–Kier alpha value is -5.08. The molecule has 1 amide bonds. The molecule has 5 aromatic heterocycles. The second kappa shape index (κ2) is 9.10.